The van der Waals surface area contributed by atoms with Crippen LogP contribution in [0, 0.1) is 23.2 Å². The predicted molar refractivity (Wildman–Crippen MR) is 99.2 cm³/mol. The first kappa shape index (κ1) is 18.0. The Morgan fingerprint density at radius 3 is 2.27 bits per heavy atom. The molecule has 0 aromatic carbocycles. The highest BCUT2D eigenvalue weighted by Gasteiger charge is 2.51. The number of nitrogens with zero attached hydrogens (tertiary/aromatic N) is 2. The molecule has 1 aromatic rings. The molecule has 7 heteroatoms. The topological polar surface area (TPSA) is 71.4 Å². The lowest BCUT2D eigenvalue weighted by Crippen LogP contribution is -2.51. The molecule has 6 nitrogen and oxygen atoms in total. The minimum atomic E-state index is -3.54. The van der Waals surface area contributed by atoms with Crippen LogP contribution in [0.5, 0.6) is 0 Å². The van der Waals surface area contributed by atoms with Crippen LogP contribution >= 0.6 is 0 Å². The highest BCUT2D eigenvalue weighted by molar-refractivity contribution is 7.89. The summed E-state index contributed by atoms with van der Waals surface area (Å²) in [6, 6.07) is 1.48. The smallest absolute Gasteiger partial charge is 0.270 e. The number of hydrogen-bond donors (Lipinski definition) is 1. The minimum Gasteiger partial charge on any atom is -0.345 e. The Morgan fingerprint density at radius 1 is 1.23 bits per heavy atom. The van der Waals surface area contributed by atoms with Crippen LogP contribution in [0.3, 0.4) is 0 Å². The Morgan fingerprint density at radius 2 is 1.77 bits per heavy atom. The van der Waals surface area contributed by atoms with E-state index >= 15 is 0 Å². The molecule has 0 saturated heterocycles. The quantitative estimate of drug-likeness (QED) is 0.853. The van der Waals surface area contributed by atoms with Gasteiger partial charge in [0.15, 0.2) is 0 Å². The monoisotopic (exact) mass is 379 g/mol. The minimum absolute atomic E-state index is 0.0965. The molecular formula is C19H29N3O3S. The van der Waals surface area contributed by atoms with Gasteiger partial charge in [0.1, 0.15) is 10.6 Å². The third-order valence-electron chi connectivity index (χ3n) is 6.86. The van der Waals surface area contributed by atoms with Crippen molar-refractivity contribution >= 4 is 15.9 Å². The lowest BCUT2D eigenvalue weighted by molar-refractivity contribution is -0.0629. The predicted octanol–water partition coefficient (Wildman–Crippen LogP) is 2.22. The Bertz CT molecular complexity index is 792. The molecule has 4 aliphatic carbocycles. The molecule has 4 bridgehead atoms. The molecule has 5 rings (SSSR count). The Kier molecular flexibility index (Phi) is 4.23. The molecular weight excluding hydrogens is 350 g/mol. The summed E-state index contributed by atoms with van der Waals surface area (Å²) in [4.78, 5) is 15.0. The molecule has 0 aliphatic heterocycles. The summed E-state index contributed by atoms with van der Waals surface area (Å²) in [5.41, 5.74) is 0.704. The van der Waals surface area contributed by atoms with E-state index in [1.54, 1.807) is 11.6 Å². The molecule has 0 unspecified atom stereocenters. The van der Waals surface area contributed by atoms with Crippen molar-refractivity contribution in [3.63, 3.8) is 0 Å². The first-order valence-corrected chi connectivity index (χ1v) is 11.0. The van der Waals surface area contributed by atoms with E-state index in [4.69, 9.17) is 0 Å². The van der Waals surface area contributed by atoms with Crippen molar-refractivity contribution in [1.29, 1.82) is 0 Å². The Balaban J connectivity index is 1.52. The number of amides is 1. The summed E-state index contributed by atoms with van der Waals surface area (Å²) in [5.74, 6) is 2.47. The van der Waals surface area contributed by atoms with Crippen molar-refractivity contribution in [3.05, 3.63) is 18.0 Å². The Labute approximate surface area is 156 Å². The fourth-order valence-corrected chi connectivity index (χ4v) is 7.07. The van der Waals surface area contributed by atoms with Gasteiger partial charge in [-0.2, -0.15) is 0 Å². The van der Waals surface area contributed by atoms with E-state index in [1.165, 1.54) is 57.8 Å². The molecule has 144 valence electrons. The molecule has 0 radical (unpaired) electrons. The van der Waals surface area contributed by atoms with E-state index in [1.807, 2.05) is 11.9 Å². The van der Waals surface area contributed by atoms with Gasteiger partial charge in [0, 0.05) is 26.8 Å². The third-order valence-corrected chi connectivity index (χ3v) is 8.24. The third kappa shape index (κ3) is 2.99. The molecule has 4 aliphatic rings. The van der Waals surface area contributed by atoms with Gasteiger partial charge in [0.2, 0.25) is 10.0 Å². The molecule has 26 heavy (non-hydrogen) atoms. The van der Waals surface area contributed by atoms with Crippen LogP contribution in [0.1, 0.15) is 49.0 Å². The average molecular weight is 380 g/mol. The normalized spacial score (nSPS) is 32.8. The highest BCUT2D eigenvalue weighted by atomic mass is 32.2. The second kappa shape index (κ2) is 6.09. The van der Waals surface area contributed by atoms with Crippen molar-refractivity contribution < 1.29 is 13.2 Å². The van der Waals surface area contributed by atoms with Gasteiger partial charge >= 0.3 is 0 Å². The summed E-state index contributed by atoms with van der Waals surface area (Å²) in [6.45, 7) is 0.786. The van der Waals surface area contributed by atoms with E-state index < -0.39 is 10.0 Å². The molecule has 1 heterocycles. The highest BCUT2D eigenvalue weighted by Crippen LogP contribution is 2.60. The number of aromatic nitrogens is 1. The van der Waals surface area contributed by atoms with Crippen LogP contribution < -0.4 is 4.72 Å². The fraction of sp³-hybridized carbons (Fsp3) is 0.737. The molecule has 4 saturated carbocycles. The van der Waals surface area contributed by atoms with Gasteiger partial charge < -0.3 is 9.47 Å². The second-order valence-corrected chi connectivity index (χ2v) is 10.8. The fourth-order valence-electron chi connectivity index (χ4n) is 6.27. The summed E-state index contributed by atoms with van der Waals surface area (Å²) in [7, 11) is 1.42. The maximum absolute atomic E-state index is 13.0. The van der Waals surface area contributed by atoms with E-state index in [0.717, 1.165) is 24.3 Å². The van der Waals surface area contributed by atoms with Crippen LogP contribution in [0.15, 0.2) is 17.2 Å². The lowest BCUT2D eigenvalue weighted by atomic mass is 9.49. The standard InChI is InChI=1S/C19H29N3O3S/c1-20-26(24,25)16-7-17(21(2)11-16)18(23)22(3)12-19-8-13-4-14(9-19)6-15(5-13)10-19/h7,11,13-15,20H,4-6,8-10,12H2,1-3H3. The van der Waals surface area contributed by atoms with Crippen LogP contribution in [0.4, 0.5) is 0 Å². The maximum atomic E-state index is 13.0. The average Bonchev–Trinajstić information content (AvgIpc) is 2.95. The molecule has 1 N–H and O–H groups in total. The molecule has 0 spiro atoms. The number of carbonyl (C=O) groups is 1. The first-order valence-electron chi connectivity index (χ1n) is 9.57. The van der Waals surface area contributed by atoms with Crippen LogP contribution in [0.25, 0.3) is 0 Å². The number of aryl methyl sites for hydroxylation is 1. The molecule has 4 fully saturated rings. The zero-order chi connectivity index (χ0) is 18.7. The Hall–Kier alpha value is -1.34. The number of sulfonamides is 1. The molecule has 1 aromatic heterocycles. The summed E-state index contributed by atoms with van der Waals surface area (Å²) in [5, 5.41) is 0. The van der Waals surface area contributed by atoms with Gasteiger partial charge in [-0.25, -0.2) is 13.1 Å². The molecule has 0 atom stereocenters. The maximum Gasteiger partial charge on any atom is 0.270 e. The number of rotatable bonds is 5. The van der Waals surface area contributed by atoms with Crippen LogP contribution in [-0.4, -0.2) is 44.4 Å². The first-order chi connectivity index (χ1) is 12.2. The van der Waals surface area contributed by atoms with Gasteiger partial charge in [-0.15, -0.1) is 0 Å². The van der Waals surface area contributed by atoms with Crippen molar-refractivity contribution in [2.75, 3.05) is 20.6 Å². The van der Waals surface area contributed by atoms with Crippen molar-refractivity contribution in [2.24, 2.45) is 30.2 Å². The van der Waals surface area contributed by atoms with Gasteiger partial charge in [-0.05, 0) is 74.8 Å². The van der Waals surface area contributed by atoms with E-state index in [2.05, 4.69) is 4.72 Å². The van der Waals surface area contributed by atoms with Gasteiger partial charge in [-0.3, -0.25) is 4.79 Å². The number of nitrogens with one attached hydrogen (secondary N) is 1. The summed E-state index contributed by atoms with van der Waals surface area (Å²) < 4.78 is 27.9. The van der Waals surface area contributed by atoms with Crippen LogP contribution in [0.2, 0.25) is 0 Å². The SMILES string of the molecule is CNS(=O)(=O)c1cc(C(=O)N(C)CC23CC4CC(CC(C4)C2)C3)n(C)c1. The number of hydrogen-bond acceptors (Lipinski definition) is 3. The van der Waals surface area contributed by atoms with Gasteiger partial charge in [0.05, 0.1) is 0 Å². The van der Waals surface area contributed by atoms with Crippen LogP contribution in [-0.2, 0) is 17.1 Å². The van der Waals surface area contributed by atoms with Gasteiger partial charge in [0.25, 0.3) is 5.91 Å². The second-order valence-electron chi connectivity index (χ2n) is 8.96. The number of carbonyl (C=O) groups excluding carboxylic acids is 1. The van der Waals surface area contributed by atoms with E-state index in [-0.39, 0.29) is 16.2 Å². The summed E-state index contributed by atoms with van der Waals surface area (Å²) in [6.07, 6.45) is 9.42. The van der Waals surface area contributed by atoms with Crippen molar-refractivity contribution in [3.8, 4) is 0 Å². The van der Waals surface area contributed by atoms with E-state index in [9.17, 15) is 13.2 Å². The van der Waals surface area contributed by atoms with Crippen molar-refractivity contribution in [1.82, 2.24) is 14.2 Å². The van der Waals surface area contributed by atoms with E-state index in [0.29, 0.717) is 5.69 Å². The summed E-state index contributed by atoms with van der Waals surface area (Å²) >= 11 is 0. The largest absolute Gasteiger partial charge is 0.345 e. The van der Waals surface area contributed by atoms with Crippen molar-refractivity contribution in [2.45, 2.75) is 43.4 Å². The zero-order valence-electron chi connectivity index (χ0n) is 15.9. The molecule has 1 amide bonds. The lowest BCUT2D eigenvalue weighted by Gasteiger charge is -2.57. The van der Waals surface area contributed by atoms with Gasteiger partial charge in [-0.1, -0.05) is 0 Å². The zero-order valence-corrected chi connectivity index (χ0v) is 16.7.